The average molecular weight is 363 g/mol. The fourth-order valence-corrected chi connectivity index (χ4v) is 3.20. The van der Waals surface area contributed by atoms with Crippen molar-refractivity contribution >= 4 is 34.2 Å². The lowest BCUT2D eigenvalue weighted by Crippen LogP contribution is -2.14. The third-order valence-electron chi connectivity index (χ3n) is 3.80. The molecule has 0 radical (unpaired) electrons. The molecule has 0 atom stereocenters. The number of esters is 1. The van der Waals surface area contributed by atoms with Crippen molar-refractivity contribution in [2.24, 2.45) is 0 Å². The van der Waals surface area contributed by atoms with Gasteiger partial charge in [0.2, 0.25) is 11.7 Å². The van der Waals surface area contributed by atoms with Crippen LogP contribution in [0.3, 0.4) is 0 Å². The molecule has 5 nitrogen and oxygen atoms in total. The predicted octanol–water partition coefficient (Wildman–Crippen LogP) is 4.60. The van der Waals surface area contributed by atoms with E-state index in [1.807, 2.05) is 24.3 Å². The summed E-state index contributed by atoms with van der Waals surface area (Å²) in [5.41, 5.74) is 2.17. The second-order valence-electron chi connectivity index (χ2n) is 5.51. The van der Waals surface area contributed by atoms with Gasteiger partial charge in [-0.1, -0.05) is 30.3 Å². The second-order valence-corrected chi connectivity index (χ2v) is 6.46. The van der Waals surface area contributed by atoms with Crippen molar-refractivity contribution in [3.8, 4) is 11.5 Å². The molecule has 0 aliphatic rings. The van der Waals surface area contributed by atoms with Gasteiger partial charge < -0.3 is 9.15 Å². The molecule has 2 aromatic carbocycles. The average Bonchev–Trinajstić information content (AvgIpc) is 3.35. The number of para-hydroxylation sites is 2. The number of oxazole rings is 1. The van der Waals surface area contributed by atoms with Crippen LogP contribution < -0.4 is 0 Å². The minimum Gasteiger partial charge on any atom is -0.454 e. The number of ketones is 1. The van der Waals surface area contributed by atoms with E-state index < -0.39 is 5.97 Å². The molecule has 128 valence electrons. The highest BCUT2D eigenvalue weighted by atomic mass is 32.1. The molecule has 0 fully saturated rings. The summed E-state index contributed by atoms with van der Waals surface area (Å²) in [6.07, 6.45) is 0. The third-order valence-corrected chi connectivity index (χ3v) is 4.71. The van der Waals surface area contributed by atoms with Gasteiger partial charge in [0.25, 0.3) is 0 Å². The Morgan fingerprint density at radius 2 is 1.81 bits per heavy atom. The number of nitrogens with zero attached hydrogens (tertiary/aromatic N) is 1. The number of benzene rings is 2. The van der Waals surface area contributed by atoms with Crippen molar-refractivity contribution in [1.82, 2.24) is 4.98 Å². The van der Waals surface area contributed by atoms with Crippen LogP contribution in [0.5, 0.6) is 0 Å². The number of ether oxygens (including phenoxy) is 1. The molecule has 26 heavy (non-hydrogen) atoms. The predicted molar refractivity (Wildman–Crippen MR) is 98.4 cm³/mol. The molecule has 0 bridgehead atoms. The lowest BCUT2D eigenvalue weighted by atomic mass is 10.1. The van der Waals surface area contributed by atoms with E-state index in [4.69, 9.17) is 9.15 Å². The van der Waals surface area contributed by atoms with Gasteiger partial charge in [-0.05, 0) is 35.7 Å². The molecule has 0 unspecified atom stereocenters. The summed E-state index contributed by atoms with van der Waals surface area (Å²) < 4.78 is 10.9. The number of Topliss-reactive ketones (excluding diaryl/α,β-unsaturated/α-hetero) is 1. The van der Waals surface area contributed by atoms with Crippen molar-refractivity contribution in [1.29, 1.82) is 0 Å². The molecule has 4 aromatic rings. The van der Waals surface area contributed by atoms with Gasteiger partial charge in [-0.25, -0.2) is 9.78 Å². The maximum atomic E-state index is 12.5. The molecule has 0 spiro atoms. The number of hydrogen-bond acceptors (Lipinski definition) is 6. The first-order valence-electron chi connectivity index (χ1n) is 7.91. The Morgan fingerprint density at radius 1 is 1.00 bits per heavy atom. The number of aromatic nitrogens is 1. The highest BCUT2D eigenvalue weighted by Gasteiger charge is 2.19. The molecule has 0 saturated heterocycles. The second kappa shape index (κ2) is 6.93. The van der Waals surface area contributed by atoms with Gasteiger partial charge in [-0.2, -0.15) is 0 Å². The van der Waals surface area contributed by atoms with Gasteiger partial charge in [-0.3, -0.25) is 4.79 Å². The van der Waals surface area contributed by atoms with Gasteiger partial charge in [0.1, 0.15) is 5.52 Å². The maximum Gasteiger partial charge on any atom is 0.339 e. The Balaban J connectivity index is 1.59. The summed E-state index contributed by atoms with van der Waals surface area (Å²) in [4.78, 5) is 29.5. The largest absolute Gasteiger partial charge is 0.454 e. The number of fused-ring (bicyclic) bond motifs is 1. The number of carbonyl (C=O) groups is 2. The van der Waals surface area contributed by atoms with E-state index in [0.29, 0.717) is 33.0 Å². The maximum absolute atomic E-state index is 12.5. The van der Waals surface area contributed by atoms with Gasteiger partial charge in [0.15, 0.2) is 12.2 Å². The molecule has 2 heterocycles. The lowest BCUT2D eigenvalue weighted by molar-refractivity contribution is 0.0476. The van der Waals surface area contributed by atoms with E-state index >= 15 is 0 Å². The molecule has 0 N–H and O–H groups in total. The molecule has 0 amide bonds. The van der Waals surface area contributed by atoms with E-state index in [9.17, 15) is 9.59 Å². The Hall–Kier alpha value is -3.25. The van der Waals surface area contributed by atoms with Crippen molar-refractivity contribution in [2.45, 2.75) is 0 Å². The quantitative estimate of drug-likeness (QED) is 0.383. The van der Waals surface area contributed by atoms with Gasteiger partial charge in [0, 0.05) is 0 Å². The van der Waals surface area contributed by atoms with Gasteiger partial charge in [0.05, 0.1) is 16.0 Å². The number of carbonyl (C=O) groups excluding carboxylic acids is 2. The van der Waals surface area contributed by atoms with Crippen LogP contribution in [0.1, 0.15) is 20.0 Å². The van der Waals surface area contributed by atoms with Crippen LogP contribution in [-0.2, 0) is 4.74 Å². The zero-order valence-electron chi connectivity index (χ0n) is 13.5. The standard InChI is InChI=1S/C20H13NO4S/c22-16(18-10-5-11-26-18)12-24-20(23)14-7-2-1-6-13(14)19-21-15-8-3-4-9-17(15)25-19/h1-11H,12H2. The molecule has 2 aromatic heterocycles. The summed E-state index contributed by atoms with van der Waals surface area (Å²) in [6, 6.07) is 17.7. The van der Waals surface area contributed by atoms with Crippen molar-refractivity contribution < 1.29 is 18.7 Å². The summed E-state index contributed by atoms with van der Waals surface area (Å²) in [7, 11) is 0. The normalized spacial score (nSPS) is 10.8. The van der Waals surface area contributed by atoms with Crippen LogP contribution >= 0.6 is 11.3 Å². The molecular formula is C20H13NO4S. The number of hydrogen-bond donors (Lipinski definition) is 0. The van der Waals surface area contributed by atoms with E-state index in [0.717, 1.165) is 0 Å². The van der Waals surface area contributed by atoms with E-state index in [1.165, 1.54) is 11.3 Å². The SMILES string of the molecule is O=C(COC(=O)c1ccccc1-c1nc2ccccc2o1)c1cccs1. The van der Waals surface area contributed by atoms with E-state index in [1.54, 1.807) is 41.8 Å². The Labute approximate surface area is 152 Å². The highest BCUT2D eigenvalue weighted by molar-refractivity contribution is 7.12. The summed E-state index contributed by atoms with van der Waals surface area (Å²) >= 11 is 1.32. The zero-order valence-corrected chi connectivity index (χ0v) is 14.4. The molecule has 0 saturated carbocycles. The summed E-state index contributed by atoms with van der Waals surface area (Å²) in [5.74, 6) is -0.483. The van der Waals surface area contributed by atoms with Crippen LogP contribution in [0.4, 0.5) is 0 Å². The first-order valence-corrected chi connectivity index (χ1v) is 8.79. The molecular weight excluding hydrogens is 350 g/mol. The Bertz CT molecular complexity index is 1050. The first-order chi connectivity index (χ1) is 12.7. The smallest absolute Gasteiger partial charge is 0.339 e. The van der Waals surface area contributed by atoms with Crippen LogP contribution in [0.15, 0.2) is 70.5 Å². The minimum atomic E-state index is -0.590. The molecule has 6 heteroatoms. The number of thiophene rings is 1. The topological polar surface area (TPSA) is 69.4 Å². The van der Waals surface area contributed by atoms with Crippen molar-refractivity contribution in [2.75, 3.05) is 6.61 Å². The Kier molecular flexibility index (Phi) is 4.33. The van der Waals surface area contributed by atoms with Crippen LogP contribution in [0.25, 0.3) is 22.6 Å². The van der Waals surface area contributed by atoms with Gasteiger partial charge in [-0.15, -0.1) is 11.3 Å². The fourth-order valence-electron chi connectivity index (χ4n) is 2.55. The first kappa shape index (κ1) is 16.2. The summed E-state index contributed by atoms with van der Waals surface area (Å²) in [5, 5.41) is 1.80. The lowest BCUT2D eigenvalue weighted by Gasteiger charge is -2.06. The van der Waals surface area contributed by atoms with Crippen molar-refractivity contribution in [3.63, 3.8) is 0 Å². The molecule has 0 aliphatic carbocycles. The van der Waals surface area contributed by atoms with E-state index in [2.05, 4.69) is 4.98 Å². The molecule has 4 rings (SSSR count). The van der Waals surface area contributed by atoms with Crippen molar-refractivity contribution in [3.05, 3.63) is 76.5 Å². The fraction of sp³-hybridized carbons (Fsp3) is 0.0500. The third kappa shape index (κ3) is 3.14. The number of rotatable bonds is 5. The zero-order chi connectivity index (χ0) is 17.9. The van der Waals surface area contributed by atoms with Crippen LogP contribution in [0, 0.1) is 0 Å². The molecule has 0 aliphatic heterocycles. The van der Waals surface area contributed by atoms with Crippen LogP contribution in [0.2, 0.25) is 0 Å². The minimum absolute atomic E-state index is 0.229. The van der Waals surface area contributed by atoms with E-state index in [-0.39, 0.29) is 12.4 Å². The van der Waals surface area contributed by atoms with Crippen LogP contribution in [-0.4, -0.2) is 23.3 Å². The Morgan fingerprint density at radius 3 is 2.62 bits per heavy atom. The highest BCUT2D eigenvalue weighted by Crippen LogP contribution is 2.27. The van der Waals surface area contributed by atoms with Gasteiger partial charge >= 0.3 is 5.97 Å². The monoisotopic (exact) mass is 363 g/mol. The summed E-state index contributed by atoms with van der Waals surface area (Å²) in [6.45, 7) is -0.304.